The van der Waals surface area contributed by atoms with Crippen LogP contribution < -0.4 is 36.6 Å². The molecule has 19 unspecified atom stereocenters. The number of aliphatic hydroxyl groups is 9. The van der Waals surface area contributed by atoms with E-state index in [1.165, 1.54) is 6.92 Å². The average Bonchev–Trinajstić information content (AvgIpc) is 0.831. The van der Waals surface area contributed by atoms with Gasteiger partial charge in [-0.2, -0.15) is 0 Å². The summed E-state index contributed by atoms with van der Waals surface area (Å²) < 4.78 is 39.1. The zero-order valence-electron chi connectivity index (χ0n) is 64.2. The summed E-state index contributed by atoms with van der Waals surface area (Å²) in [6.45, 7) is 8.10. The van der Waals surface area contributed by atoms with Crippen molar-refractivity contribution >= 4 is 41.2 Å². The van der Waals surface area contributed by atoms with Crippen molar-refractivity contribution in [1.29, 1.82) is 0 Å². The fraction of sp³-hybridized carbons (Fsp3) is 0.803. The molecule has 110 heavy (non-hydrogen) atoms. The van der Waals surface area contributed by atoms with Crippen LogP contribution in [0.3, 0.4) is 0 Å². The van der Waals surface area contributed by atoms with Gasteiger partial charge in [0.05, 0.1) is 38.1 Å². The minimum absolute atomic E-state index is 0. The zero-order chi connectivity index (χ0) is 72.5. The van der Waals surface area contributed by atoms with Crippen molar-refractivity contribution < 1.29 is 641 Å². The number of amides is 6. The quantitative estimate of drug-likeness (QED) is 0.0385. The summed E-state index contributed by atoms with van der Waals surface area (Å²) in [5.41, 5.74) is 24.8. The third kappa shape index (κ3) is 56.8. The maximum Gasteiger partial charge on any atom is 0.242 e. The standard InChI is InChI=1S/C66H112N9O23.12Ac/c1-38(34-40-19-21-41(22-20-40)98-66(3,4)5)59(88)75-44(62(91)72-30-14-8-11-17-33-94-65-52(69)58(87)55(84)47(37-78)97-65)25-27-49(81)74-43(61(90)71-29-13-7-10-16-32-93-64-51(68)57(86)54(83)46(36-77)96-64)24-26-48(80)73-42(23-18-39(2)79)60(89)70-28-12-6-9-15-31-92-63-50(67)56(85)53(82)45(35-76)95-63;;;;;;;;;;;;/h19-22,38,42-47,50-58,63-65,67-69,76-78,82-87H,6-18,23-37H2,1-5H3,(H,70,89)(H,71,90)(H,72,91)(H,73,80)(H,74,81)(H,75,88);;;;;;;;;;;;/q-3;;;;;;;;;;;;. The SMILES string of the molecule is CC(=O)CCC(NC(=O)CCC(NC(=O)CCC(NC(=O)C(C)Cc1ccc(OC(C)(C)C)cc1)C(=O)NCCCCCCOC1OC(CO)C(O)C(O)C1[NH-])C(=O)NCCCCCCOC1OC(CO)C(O)C(O)C1[NH-])C(=O)NCCCCCCOC1OC(CO)C(O)C(O)C1[NH-].[Ac].[Ac].[Ac].[Ac].[Ac].[Ac].[Ac].[Ac].[Ac].[Ac].[Ac].[Ac]. The number of hydrogen-bond donors (Lipinski definition) is 15. The normalized spacial score (nSPS) is 24.0. The van der Waals surface area contributed by atoms with Gasteiger partial charge in [-0.1, -0.05) is 75.7 Å². The summed E-state index contributed by atoms with van der Waals surface area (Å²) in [6, 6.07) is -0.235. The van der Waals surface area contributed by atoms with Gasteiger partial charge in [0, 0.05) is 593 Å². The maximum atomic E-state index is 14.0. The number of aliphatic hydroxyl groups excluding tert-OH is 9. The largest absolute Gasteiger partial charge is 0.668 e. The first-order chi connectivity index (χ1) is 46.6. The summed E-state index contributed by atoms with van der Waals surface area (Å²) in [5, 5.41) is 106. The van der Waals surface area contributed by atoms with Gasteiger partial charge in [-0.15, -0.1) is 0 Å². The average molecular weight is 4120 g/mol. The predicted octanol–water partition coefficient (Wildman–Crippen LogP) is 0.0855. The van der Waals surface area contributed by atoms with Crippen LogP contribution in [0, 0.1) is 535 Å². The van der Waals surface area contributed by atoms with Crippen LogP contribution in [0.15, 0.2) is 24.3 Å². The third-order valence-electron chi connectivity index (χ3n) is 17.0. The molecule has 3 aliphatic rings. The summed E-state index contributed by atoms with van der Waals surface area (Å²) >= 11 is 0. The van der Waals surface area contributed by atoms with E-state index in [-0.39, 0.29) is 613 Å². The Morgan fingerprint density at radius 3 is 1.01 bits per heavy atom. The molecule has 0 aliphatic carbocycles. The van der Waals surface area contributed by atoms with Crippen molar-refractivity contribution in [3.05, 3.63) is 47.0 Å². The number of rotatable bonds is 46. The van der Waals surface area contributed by atoms with Crippen molar-refractivity contribution in [1.82, 2.24) is 31.9 Å². The number of Topliss-reactive ketones (excluding diaryl/α,β-unsaturated/α-hetero) is 1. The Morgan fingerprint density at radius 1 is 0.427 bits per heavy atom. The van der Waals surface area contributed by atoms with Gasteiger partial charge in [0.1, 0.15) is 90.8 Å². The molecule has 0 bridgehead atoms. The van der Waals surface area contributed by atoms with E-state index in [1.54, 1.807) is 19.1 Å². The first-order valence-electron chi connectivity index (χ1n) is 34.4. The summed E-state index contributed by atoms with van der Waals surface area (Å²) in [7, 11) is 0. The van der Waals surface area contributed by atoms with Gasteiger partial charge in [0.15, 0.2) is 0 Å². The molecular formula is C66H112Ac12N9O23-3. The molecule has 18 N–H and O–H groups in total. The second kappa shape index (κ2) is 80.7. The summed E-state index contributed by atoms with van der Waals surface area (Å²) in [6.07, 6.45) is -9.69. The molecule has 0 spiro atoms. The molecular weight excluding hydrogens is 4010 g/mol. The molecule has 3 fully saturated rings. The summed E-state index contributed by atoms with van der Waals surface area (Å²) in [4.78, 5) is 95.1. The number of benzene rings is 1. The van der Waals surface area contributed by atoms with Crippen molar-refractivity contribution in [3.63, 3.8) is 0 Å². The molecule has 598 valence electrons. The molecule has 3 aliphatic heterocycles. The number of carbonyl (C=O) groups is 7. The molecule has 44 heteroatoms. The predicted molar refractivity (Wildman–Crippen MR) is 354 cm³/mol. The first-order valence-corrected chi connectivity index (χ1v) is 34.4. The molecule has 3 heterocycles. The Morgan fingerprint density at radius 2 is 0.718 bits per heavy atom. The van der Waals surface area contributed by atoms with E-state index in [4.69, 9.17) is 50.4 Å². The van der Waals surface area contributed by atoms with Crippen LogP contribution in [0.1, 0.15) is 156 Å². The number of hydrogen-bond acceptors (Lipinski definition) is 23. The minimum atomic E-state index is -1.48. The van der Waals surface area contributed by atoms with Gasteiger partial charge < -0.3 is 133 Å². The molecule has 32 nitrogen and oxygen atoms in total. The van der Waals surface area contributed by atoms with Gasteiger partial charge >= 0.3 is 0 Å². The molecule has 6 amide bonds. The Labute approximate surface area is 1080 Å². The van der Waals surface area contributed by atoms with Crippen LogP contribution in [-0.2, 0) is 68.4 Å². The number of unbranched alkanes of at least 4 members (excludes halogenated alkanes) is 9. The Hall–Kier alpha value is 12.1. The molecule has 0 saturated carbocycles. The van der Waals surface area contributed by atoms with E-state index in [9.17, 15) is 79.5 Å². The van der Waals surface area contributed by atoms with Crippen molar-refractivity contribution in [2.45, 2.75) is 272 Å². The smallest absolute Gasteiger partial charge is 0.242 e. The number of ether oxygens (including phenoxy) is 7. The molecule has 3 saturated heterocycles. The van der Waals surface area contributed by atoms with Crippen LogP contribution in [0.5, 0.6) is 5.75 Å². The fourth-order valence-electron chi connectivity index (χ4n) is 11.1. The summed E-state index contributed by atoms with van der Waals surface area (Å²) in [5.74, 6) is -3.80. The monoisotopic (exact) mass is 4120 g/mol. The van der Waals surface area contributed by atoms with E-state index in [2.05, 4.69) is 31.9 Å². The Kier molecular flexibility index (Phi) is 103. The topological polar surface area (TPSA) is 510 Å². The Bertz CT molecular complexity index is 2570. The van der Waals surface area contributed by atoms with Crippen molar-refractivity contribution in [2.75, 3.05) is 59.3 Å². The first kappa shape index (κ1) is 140. The number of ketones is 1. The molecule has 0 aromatic heterocycles. The molecule has 19 atom stereocenters. The fourth-order valence-corrected chi connectivity index (χ4v) is 11.1. The van der Waals surface area contributed by atoms with Crippen molar-refractivity contribution in [2.24, 2.45) is 5.92 Å². The zero-order valence-corrected chi connectivity index (χ0v) is 121. The second-order valence-corrected chi connectivity index (χ2v) is 26.5. The van der Waals surface area contributed by atoms with E-state index < -0.39 is 177 Å². The van der Waals surface area contributed by atoms with Gasteiger partial charge in [-0.3, -0.25) is 28.8 Å². The van der Waals surface area contributed by atoms with Crippen LogP contribution in [0.4, 0.5) is 0 Å². The van der Waals surface area contributed by atoms with Crippen LogP contribution >= 0.6 is 0 Å². The van der Waals surface area contributed by atoms with E-state index in [1.807, 2.05) is 32.9 Å². The molecule has 12 radical (unpaired) electrons. The van der Waals surface area contributed by atoms with E-state index in [0.717, 1.165) is 5.56 Å². The van der Waals surface area contributed by atoms with Crippen LogP contribution in [-0.4, -0.2) is 262 Å². The Balaban J connectivity index is -0.00000121. The molecule has 1 aromatic rings. The van der Waals surface area contributed by atoms with E-state index >= 15 is 0 Å². The molecule has 4 rings (SSSR count). The second-order valence-electron chi connectivity index (χ2n) is 26.5. The van der Waals surface area contributed by atoms with Gasteiger partial charge in [0.25, 0.3) is 0 Å². The number of nitrogens with one attached hydrogen (secondary N) is 9. The third-order valence-corrected chi connectivity index (χ3v) is 17.0. The van der Waals surface area contributed by atoms with Gasteiger partial charge in [-0.25, -0.2) is 0 Å². The van der Waals surface area contributed by atoms with Gasteiger partial charge in [0.2, 0.25) is 35.4 Å². The van der Waals surface area contributed by atoms with Crippen LogP contribution in [0.2, 0.25) is 0 Å². The minimum Gasteiger partial charge on any atom is -0.668 e. The van der Waals surface area contributed by atoms with Gasteiger partial charge in [-0.05, 0) is 110 Å². The number of carbonyl (C=O) groups excluding carboxylic acids is 7. The molecule has 1 aromatic carbocycles. The van der Waals surface area contributed by atoms with Crippen molar-refractivity contribution in [3.8, 4) is 5.75 Å². The van der Waals surface area contributed by atoms with E-state index in [0.29, 0.717) is 89.2 Å². The van der Waals surface area contributed by atoms with Crippen LogP contribution in [0.25, 0.3) is 17.2 Å². The maximum absolute atomic E-state index is 14.0.